The first-order valence-electron chi connectivity index (χ1n) is 5.48. The van der Waals surface area contributed by atoms with Gasteiger partial charge in [-0.05, 0) is 28.8 Å². The number of nitrogens with two attached hydrogens (primary N) is 1. The van der Waals surface area contributed by atoms with Gasteiger partial charge in [-0.3, -0.25) is 0 Å². The van der Waals surface area contributed by atoms with Crippen molar-refractivity contribution in [3.8, 4) is 0 Å². The number of thiophene rings is 1. The first-order valence-corrected chi connectivity index (χ1v) is 7.97. The second kappa shape index (κ2) is 5.17. The lowest BCUT2D eigenvalue weighted by Crippen LogP contribution is -2.19. The molecule has 98 valence electrons. The molecule has 2 aromatic rings. The van der Waals surface area contributed by atoms with Crippen molar-refractivity contribution in [1.82, 2.24) is 14.8 Å². The largest absolute Gasteiger partial charge is 0.300 e. The van der Waals surface area contributed by atoms with Gasteiger partial charge in [0.05, 0.1) is 0 Å². The lowest BCUT2D eigenvalue weighted by atomic mass is 10.2. The highest BCUT2D eigenvalue weighted by atomic mass is 32.2. The van der Waals surface area contributed by atoms with Gasteiger partial charge in [0, 0.05) is 13.0 Å². The van der Waals surface area contributed by atoms with Gasteiger partial charge in [-0.2, -0.15) is 11.3 Å². The molecule has 0 saturated heterocycles. The molecule has 18 heavy (non-hydrogen) atoms. The van der Waals surface area contributed by atoms with Crippen molar-refractivity contribution in [1.29, 1.82) is 0 Å². The van der Waals surface area contributed by atoms with Crippen molar-refractivity contribution in [3.05, 3.63) is 28.2 Å². The Morgan fingerprint density at radius 2 is 2.22 bits per heavy atom. The van der Waals surface area contributed by atoms with Crippen molar-refractivity contribution in [2.45, 2.75) is 31.5 Å². The van der Waals surface area contributed by atoms with E-state index >= 15 is 0 Å². The van der Waals surface area contributed by atoms with Gasteiger partial charge in [-0.15, -0.1) is 10.2 Å². The molecule has 0 atom stereocenters. The molecular formula is C10H14N4O2S2. The van der Waals surface area contributed by atoms with Crippen molar-refractivity contribution in [2.24, 2.45) is 5.14 Å². The molecule has 0 aliphatic rings. The van der Waals surface area contributed by atoms with E-state index in [0.717, 1.165) is 12.0 Å². The van der Waals surface area contributed by atoms with Crippen LogP contribution in [-0.2, 0) is 23.0 Å². The summed E-state index contributed by atoms with van der Waals surface area (Å²) in [5.74, 6) is 0.624. The normalized spacial score (nSPS) is 11.9. The third kappa shape index (κ3) is 2.77. The van der Waals surface area contributed by atoms with Crippen LogP contribution >= 0.6 is 11.3 Å². The van der Waals surface area contributed by atoms with E-state index in [4.69, 9.17) is 5.14 Å². The van der Waals surface area contributed by atoms with Crippen LogP contribution in [0.4, 0.5) is 0 Å². The van der Waals surface area contributed by atoms with Crippen LogP contribution in [0, 0.1) is 0 Å². The molecular weight excluding hydrogens is 272 g/mol. The summed E-state index contributed by atoms with van der Waals surface area (Å²) in [6.45, 7) is 2.50. The maximum atomic E-state index is 11.4. The highest BCUT2D eigenvalue weighted by Crippen LogP contribution is 2.14. The van der Waals surface area contributed by atoms with Gasteiger partial charge in [-0.1, -0.05) is 6.92 Å². The molecule has 2 rings (SSSR count). The SMILES string of the molecule is CCCn1c(Cc2ccsc2)nnc1S(N)(=O)=O. The van der Waals surface area contributed by atoms with Crippen LogP contribution in [0.2, 0.25) is 0 Å². The molecule has 0 aliphatic carbocycles. The van der Waals surface area contributed by atoms with Crippen LogP contribution in [0.1, 0.15) is 24.7 Å². The van der Waals surface area contributed by atoms with Gasteiger partial charge in [0.25, 0.3) is 15.2 Å². The number of hydrogen-bond donors (Lipinski definition) is 1. The van der Waals surface area contributed by atoms with Gasteiger partial charge >= 0.3 is 0 Å². The molecule has 6 nitrogen and oxygen atoms in total. The van der Waals surface area contributed by atoms with Gasteiger partial charge in [0.2, 0.25) is 0 Å². The lowest BCUT2D eigenvalue weighted by molar-refractivity contribution is 0.550. The number of rotatable bonds is 5. The lowest BCUT2D eigenvalue weighted by Gasteiger charge is -2.06. The minimum absolute atomic E-state index is 0.158. The van der Waals surface area contributed by atoms with E-state index in [2.05, 4.69) is 10.2 Å². The van der Waals surface area contributed by atoms with Gasteiger partial charge in [0.15, 0.2) is 0 Å². The first kappa shape index (κ1) is 13.2. The van der Waals surface area contributed by atoms with Crippen LogP contribution in [0.25, 0.3) is 0 Å². The summed E-state index contributed by atoms with van der Waals surface area (Å²) in [5, 5.41) is 16.6. The molecule has 2 heterocycles. The molecule has 8 heteroatoms. The van der Waals surface area contributed by atoms with Gasteiger partial charge < -0.3 is 4.57 Å². The maximum absolute atomic E-state index is 11.4. The minimum atomic E-state index is -3.82. The fourth-order valence-corrected chi connectivity index (χ4v) is 3.01. The minimum Gasteiger partial charge on any atom is -0.300 e. The summed E-state index contributed by atoms with van der Waals surface area (Å²) in [7, 11) is -3.82. The van der Waals surface area contributed by atoms with E-state index in [-0.39, 0.29) is 5.16 Å². The second-order valence-corrected chi connectivity index (χ2v) is 6.14. The van der Waals surface area contributed by atoms with Crippen LogP contribution in [0.5, 0.6) is 0 Å². The standard InChI is InChI=1S/C10H14N4O2S2/c1-2-4-14-9(6-8-3-5-17-7-8)12-13-10(14)18(11,15)16/h3,5,7H,2,4,6H2,1H3,(H2,11,15,16). The molecule has 0 aliphatic heterocycles. The molecule has 2 aromatic heterocycles. The predicted octanol–water partition coefficient (Wildman–Crippen LogP) is 0.988. The Labute approximate surface area is 110 Å². The fourth-order valence-electron chi connectivity index (χ4n) is 1.68. The first-order chi connectivity index (χ1) is 8.52. The molecule has 0 saturated carbocycles. The summed E-state index contributed by atoms with van der Waals surface area (Å²) in [4.78, 5) is 0. The highest BCUT2D eigenvalue weighted by Gasteiger charge is 2.20. The number of nitrogens with zero attached hydrogens (tertiary/aromatic N) is 3. The average molecular weight is 286 g/mol. The smallest absolute Gasteiger partial charge is 0.273 e. The molecule has 0 unspecified atom stereocenters. The second-order valence-electron chi connectivity index (χ2n) is 3.90. The van der Waals surface area contributed by atoms with Crippen LogP contribution < -0.4 is 5.14 Å². The summed E-state index contributed by atoms with van der Waals surface area (Å²) < 4.78 is 24.4. The van der Waals surface area contributed by atoms with E-state index < -0.39 is 10.0 Å². The van der Waals surface area contributed by atoms with Crippen molar-refractivity contribution < 1.29 is 8.42 Å². The summed E-state index contributed by atoms with van der Waals surface area (Å²) >= 11 is 1.59. The molecule has 0 aromatic carbocycles. The van der Waals surface area contributed by atoms with Crippen LogP contribution in [-0.4, -0.2) is 23.2 Å². The summed E-state index contributed by atoms with van der Waals surface area (Å²) in [5.41, 5.74) is 1.09. The van der Waals surface area contributed by atoms with E-state index in [1.54, 1.807) is 15.9 Å². The van der Waals surface area contributed by atoms with E-state index in [9.17, 15) is 8.42 Å². The molecule has 0 spiro atoms. The van der Waals surface area contributed by atoms with Crippen molar-refractivity contribution >= 4 is 21.4 Å². The molecule has 0 fully saturated rings. The summed E-state index contributed by atoms with van der Waals surface area (Å²) in [6.07, 6.45) is 1.35. The zero-order valence-corrected chi connectivity index (χ0v) is 11.5. The number of sulfonamides is 1. The topological polar surface area (TPSA) is 90.9 Å². The van der Waals surface area contributed by atoms with Gasteiger partial charge in [-0.25, -0.2) is 13.6 Å². The third-order valence-corrected chi connectivity index (χ3v) is 3.98. The van der Waals surface area contributed by atoms with Crippen molar-refractivity contribution in [2.75, 3.05) is 0 Å². The Morgan fingerprint density at radius 1 is 1.44 bits per heavy atom. The fraction of sp³-hybridized carbons (Fsp3) is 0.400. The van der Waals surface area contributed by atoms with E-state index in [1.807, 2.05) is 23.8 Å². The third-order valence-electron chi connectivity index (χ3n) is 2.44. The Morgan fingerprint density at radius 3 is 2.78 bits per heavy atom. The zero-order valence-electron chi connectivity index (χ0n) is 9.91. The molecule has 2 N–H and O–H groups in total. The Kier molecular flexibility index (Phi) is 3.79. The van der Waals surface area contributed by atoms with Gasteiger partial charge in [0.1, 0.15) is 5.82 Å². The molecule has 0 amide bonds. The number of primary sulfonamides is 1. The van der Waals surface area contributed by atoms with Crippen LogP contribution in [0.3, 0.4) is 0 Å². The Bertz CT molecular complexity index is 616. The maximum Gasteiger partial charge on any atom is 0.273 e. The predicted molar refractivity (Wildman–Crippen MR) is 68.8 cm³/mol. The quantitative estimate of drug-likeness (QED) is 0.887. The number of aromatic nitrogens is 3. The zero-order chi connectivity index (χ0) is 13.2. The van der Waals surface area contributed by atoms with Crippen LogP contribution in [0.15, 0.2) is 22.0 Å². The Balaban J connectivity index is 2.39. The summed E-state index contributed by atoms with van der Waals surface area (Å²) in [6, 6.07) is 1.98. The van der Waals surface area contributed by atoms with E-state index in [1.165, 1.54) is 0 Å². The van der Waals surface area contributed by atoms with Crippen molar-refractivity contribution in [3.63, 3.8) is 0 Å². The molecule has 0 radical (unpaired) electrons. The average Bonchev–Trinajstić information content (AvgIpc) is 2.89. The highest BCUT2D eigenvalue weighted by molar-refractivity contribution is 7.89. The number of hydrogen-bond acceptors (Lipinski definition) is 5. The Hall–Kier alpha value is -1.25. The molecule has 0 bridgehead atoms. The monoisotopic (exact) mass is 286 g/mol. The van der Waals surface area contributed by atoms with E-state index in [0.29, 0.717) is 18.8 Å².